The van der Waals surface area contributed by atoms with Crippen molar-refractivity contribution >= 4 is 11.8 Å². The summed E-state index contributed by atoms with van der Waals surface area (Å²) in [5.74, 6) is 1.14. The van der Waals surface area contributed by atoms with Crippen molar-refractivity contribution < 1.29 is 18.7 Å². The molecule has 2 aliphatic rings. The number of amides is 2. The van der Waals surface area contributed by atoms with Crippen molar-refractivity contribution in [3.8, 4) is 5.75 Å². The van der Waals surface area contributed by atoms with Crippen LogP contribution in [-0.4, -0.2) is 34.8 Å². The second kappa shape index (κ2) is 10.3. The fourth-order valence-corrected chi connectivity index (χ4v) is 5.20. The third-order valence-corrected chi connectivity index (χ3v) is 6.93. The zero-order valence-corrected chi connectivity index (χ0v) is 20.0. The number of carbonyl (C=O) groups excluding carboxylic acids is 2. The number of hydrogen-bond donors (Lipinski definition) is 1. The number of carbonyl (C=O) groups is 2. The highest BCUT2D eigenvalue weighted by Gasteiger charge is 2.36. The molecule has 35 heavy (non-hydrogen) atoms. The smallest absolute Gasteiger partial charge is 0.273 e. The highest BCUT2D eigenvalue weighted by atomic mass is 16.5. The van der Waals surface area contributed by atoms with E-state index in [2.05, 4.69) is 33.4 Å². The van der Waals surface area contributed by atoms with Crippen molar-refractivity contribution in [3.63, 3.8) is 0 Å². The molecule has 2 amide bonds. The summed E-state index contributed by atoms with van der Waals surface area (Å²) in [6.07, 6.45) is 6.42. The average Bonchev–Trinajstić information content (AvgIpc) is 3.60. The third-order valence-electron chi connectivity index (χ3n) is 6.93. The lowest BCUT2D eigenvalue weighted by atomic mass is 9.87. The Kier molecular flexibility index (Phi) is 6.84. The van der Waals surface area contributed by atoms with Gasteiger partial charge in [0.15, 0.2) is 12.3 Å². The lowest BCUT2D eigenvalue weighted by molar-refractivity contribution is -0.137. The normalized spacial score (nSPS) is 17.7. The van der Waals surface area contributed by atoms with Crippen LogP contribution in [0.5, 0.6) is 5.75 Å². The summed E-state index contributed by atoms with van der Waals surface area (Å²) in [7, 11) is 0. The maximum Gasteiger partial charge on any atom is 0.273 e. The number of hydrogen-bond acceptors (Lipinski definition) is 5. The Morgan fingerprint density at radius 2 is 1.94 bits per heavy atom. The summed E-state index contributed by atoms with van der Waals surface area (Å²) in [6.45, 7) is 3.21. The van der Waals surface area contributed by atoms with Crippen LogP contribution in [0, 0.1) is 5.92 Å². The number of rotatable bonds is 7. The minimum atomic E-state index is -0.269. The molecule has 1 aliphatic carbocycles. The fraction of sp³-hybridized carbons (Fsp3) is 0.393. The number of nitrogens with zero attached hydrogens (tertiary/aromatic N) is 2. The molecule has 1 N–H and O–H groups in total. The van der Waals surface area contributed by atoms with Crippen molar-refractivity contribution in [1.82, 2.24) is 15.2 Å². The first-order valence-corrected chi connectivity index (χ1v) is 12.5. The zero-order chi connectivity index (χ0) is 24.2. The molecule has 0 saturated heterocycles. The van der Waals surface area contributed by atoms with Crippen molar-refractivity contribution in [3.05, 3.63) is 83.1 Å². The molecular weight excluding hydrogens is 442 g/mol. The predicted molar refractivity (Wildman–Crippen MR) is 131 cm³/mol. The topological polar surface area (TPSA) is 84.7 Å². The zero-order valence-electron chi connectivity index (χ0n) is 20.0. The predicted octanol–water partition coefficient (Wildman–Crippen LogP) is 4.67. The van der Waals surface area contributed by atoms with Gasteiger partial charge in [0.05, 0.1) is 6.04 Å². The van der Waals surface area contributed by atoms with Crippen molar-refractivity contribution in [1.29, 1.82) is 0 Å². The molecule has 5 rings (SSSR count). The highest BCUT2D eigenvalue weighted by molar-refractivity contribution is 5.91. The van der Waals surface area contributed by atoms with Gasteiger partial charge in [-0.1, -0.05) is 49.2 Å². The summed E-state index contributed by atoms with van der Waals surface area (Å²) in [5.41, 5.74) is 3.68. The van der Waals surface area contributed by atoms with Crippen LogP contribution in [0.25, 0.3) is 0 Å². The van der Waals surface area contributed by atoms with Crippen molar-refractivity contribution in [2.75, 3.05) is 13.1 Å². The molecule has 1 unspecified atom stereocenters. The SMILES string of the molecule is CCNC(=O)c1coc(COc2ccc3c(c2)C(c2ccccc2)N(C(=O)C2CCCC2)CC3)n1. The van der Waals surface area contributed by atoms with Crippen LogP contribution in [-0.2, 0) is 17.8 Å². The van der Waals surface area contributed by atoms with Gasteiger partial charge in [-0.25, -0.2) is 4.98 Å². The molecule has 1 aromatic heterocycles. The monoisotopic (exact) mass is 473 g/mol. The molecule has 0 radical (unpaired) electrons. The van der Waals surface area contributed by atoms with E-state index in [9.17, 15) is 9.59 Å². The molecule has 182 valence electrons. The Hall–Kier alpha value is -3.61. The third kappa shape index (κ3) is 4.94. The van der Waals surface area contributed by atoms with E-state index < -0.39 is 0 Å². The minimum Gasteiger partial charge on any atom is -0.484 e. The molecule has 1 aliphatic heterocycles. The molecule has 2 heterocycles. The number of aromatic nitrogens is 1. The first kappa shape index (κ1) is 23.1. The second-order valence-electron chi connectivity index (χ2n) is 9.21. The molecule has 2 aromatic carbocycles. The van der Waals surface area contributed by atoms with Crippen LogP contribution in [0.1, 0.15) is 71.7 Å². The summed E-state index contributed by atoms with van der Waals surface area (Å²) in [6, 6.07) is 16.2. The number of nitrogens with one attached hydrogen (secondary N) is 1. The second-order valence-corrected chi connectivity index (χ2v) is 9.21. The van der Waals surface area contributed by atoms with Crippen LogP contribution in [0.15, 0.2) is 59.2 Å². The van der Waals surface area contributed by atoms with Crippen LogP contribution in [0.3, 0.4) is 0 Å². The summed E-state index contributed by atoms with van der Waals surface area (Å²) >= 11 is 0. The number of benzene rings is 2. The molecule has 7 heteroatoms. The Morgan fingerprint density at radius 1 is 1.14 bits per heavy atom. The standard InChI is InChI=1S/C28H31N3O4/c1-2-29-27(32)24-17-35-25(30-24)18-34-22-13-12-19-14-15-31(28(33)21-10-6-7-11-21)26(23(19)16-22)20-8-4-3-5-9-20/h3-5,8-9,12-13,16-17,21,26H,2,6-7,10-11,14-15,18H2,1H3,(H,29,32). The molecule has 7 nitrogen and oxygen atoms in total. The van der Waals surface area contributed by atoms with E-state index in [1.807, 2.05) is 37.3 Å². The molecule has 1 saturated carbocycles. The first-order chi connectivity index (χ1) is 17.1. The van der Waals surface area contributed by atoms with E-state index >= 15 is 0 Å². The minimum absolute atomic E-state index is 0.110. The van der Waals surface area contributed by atoms with Crippen LogP contribution in [0.4, 0.5) is 0 Å². The van der Waals surface area contributed by atoms with E-state index in [-0.39, 0.29) is 36.1 Å². The number of oxazole rings is 1. The number of fused-ring (bicyclic) bond motifs is 1. The quantitative estimate of drug-likeness (QED) is 0.539. The molecule has 1 atom stereocenters. The molecular formula is C28H31N3O4. The lowest BCUT2D eigenvalue weighted by Crippen LogP contribution is -2.43. The fourth-order valence-electron chi connectivity index (χ4n) is 5.20. The van der Waals surface area contributed by atoms with Crippen LogP contribution in [0.2, 0.25) is 0 Å². The maximum absolute atomic E-state index is 13.5. The Morgan fingerprint density at radius 3 is 2.71 bits per heavy atom. The van der Waals surface area contributed by atoms with E-state index in [0.717, 1.165) is 49.8 Å². The van der Waals surface area contributed by atoms with Gasteiger partial charge in [0.2, 0.25) is 11.8 Å². The van der Waals surface area contributed by atoms with Gasteiger partial charge in [-0.2, -0.15) is 0 Å². The van der Waals surface area contributed by atoms with E-state index in [1.165, 1.54) is 11.8 Å². The number of ether oxygens (including phenoxy) is 1. The van der Waals surface area contributed by atoms with Gasteiger partial charge in [-0.05, 0) is 55.0 Å². The van der Waals surface area contributed by atoms with Gasteiger partial charge >= 0.3 is 0 Å². The van der Waals surface area contributed by atoms with Crippen molar-refractivity contribution in [2.24, 2.45) is 5.92 Å². The Balaban J connectivity index is 1.39. The summed E-state index contributed by atoms with van der Waals surface area (Å²) < 4.78 is 11.4. The van der Waals surface area contributed by atoms with Crippen LogP contribution >= 0.6 is 0 Å². The van der Waals surface area contributed by atoms with Gasteiger partial charge in [-0.15, -0.1) is 0 Å². The molecule has 1 fully saturated rings. The van der Waals surface area contributed by atoms with Gasteiger partial charge in [-0.3, -0.25) is 9.59 Å². The molecule has 0 bridgehead atoms. The van der Waals surface area contributed by atoms with Gasteiger partial charge in [0, 0.05) is 19.0 Å². The maximum atomic E-state index is 13.5. The van der Waals surface area contributed by atoms with E-state index in [1.54, 1.807) is 0 Å². The highest BCUT2D eigenvalue weighted by Crippen LogP contribution is 2.39. The van der Waals surface area contributed by atoms with Gasteiger partial charge in [0.1, 0.15) is 12.0 Å². The first-order valence-electron chi connectivity index (χ1n) is 12.5. The van der Waals surface area contributed by atoms with E-state index in [0.29, 0.717) is 18.2 Å². The molecule has 0 spiro atoms. The largest absolute Gasteiger partial charge is 0.484 e. The summed E-state index contributed by atoms with van der Waals surface area (Å²) in [4.78, 5) is 31.8. The van der Waals surface area contributed by atoms with Gasteiger partial charge < -0.3 is 19.4 Å². The van der Waals surface area contributed by atoms with Gasteiger partial charge in [0.25, 0.3) is 5.91 Å². The Bertz CT molecular complexity index is 1180. The average molecular weight is 474 g/mol. The summed E-state index contributed by atoms with van der Waals surface area (Å²) in [5, 5.41) is 2.70. The lowest BCUT2D eigenvalue weighted by Gasteiger charge is -2.39. The molecule has 3 aromatic rings. The van der Waals surface area contributed by atoms with Crippen LogP contribution < -0.4 is 10.1 Å². The van der Waals surface area contributed by atoms with E-state index in [4.69, 9.17) is 9.15 Å². The van der Waals surface area contributed by atoms with Crippen molar-refractivity contribution in [2.45, 2.75) is 51.7 Å². The Labute approximate surface area is 205 Å².